The molecule has 0 aromatic heterocycles. The predicted octanol–water partition coefficient (Wildman–Crippen LogP) is 5.79. The van der Waals surface area contributed by atoms with Gasteiger partial charge in [0.15, 0.2) is 16.6 Å². The van der Waals surface area contributed by atoms with E-state index in [4.69, 9.17) is 4.12 Å². The molecule has 0 radical (unpaired) electrons. The molecule has 1 nitrogen and oxygen atoms in total. The van der Waals surface area contributed by atoms with Crippen molar-refractivity contribution in [3.8, 4) is 0 Å². The second-order valence-corrected chi connectivity index (χ2v) is 15.4. The fraction of sp³-hybridized carbons (Fsp3) is 1.00. The highest BCUT2D eigenvalue weighted by Crippen LogP contribution is 2.24. The van der Waals surface area contributed by atoms with E-state index in [1.807, 2.05) is 0 Å². The minimum Gasteiger partial charge on any atom is -0.455 e. The first-order chi connectivity index (χ1) is 7.83. The van der Waals surface area contributed by atoms with Gasteiger partial charge < -0.3 is 4.12 Å². The number of rotatable bonds is 10. The first kappa shape index (κ1) is 17.4. The van der Waals surface area contributed by atoms with Crippen LogP contribution in [0.3, 0.4) is 0 Å². The van der Waals surface area contributed by atoms with Crippen LogP contribution in [0.5, 0.6) is 0 Å². The van der Waals surface area contributed by atoms with E-state index < -0.39 is 16.6 Å². The van der Waals surface area contributed by atoms with Crippen molar-refractivity contribution in [2.24, 2.45) is 0 Å². The molecule has 0 aromatic rings. The van der Waals surface area contributed by atoms with Gasteiger partial charge in [-0.25, -0.2) is 0 Å². The summed E-state index contributed by atoms with van der Waals surface area (Å²) in [5.41, 5.74) is 0. The van der Waals surface area contributed by atoms with Crippen molar-refractivity contribution in [1.29, 1.82) is 0 Å². The van der Waals surface area contributed by atoms with Crippen LogP contribution in [0, 0.1) is 0 Å². The van der Waals surface area contributed by atoms with Gasteiger partial charge in [0, 0.05) is 0 Å². The predicted molar refractivity (Wildman–Crippen MR) is 84.7 cm³/mol. The van der Waals surface area contributed by atoms with Crippen LogP contribution < -0.4 is 0 Å². The second-order valence-electron chi connectivity index (χ2n) is 6.54. The zero-order chi connectivity index (χ0) is 13.4. The van der Waals surface area contributed by atoms with E-state index in [1.165, 1.54) is 50.6 Å². The van der Waals surface area contributed by atoms with Crippen molar-refractivity contribution in [1.82, 2.24) is 0 Å². The van der Waals surface area contributed by atoms with Crippen LogP contribution in [-0.4, -0.2) is 16.6 Å². The van der Waals surface area contributed by atoms with Crippen LogP contribution in [0.4, 0.5) is 0 Å². The maximum absolute atomic E-state index is 6.55. The Morgan fingerprint density at radius 3 is 1.71 bits per heavy atom. The summed E-state index contributed by atoms with van der Waals surface area (Å²) in [6.07, 6.45) is 8.23. The molecular weight excluding hydrogens is 240 g/mol. The summed E-state index contributed by atoms with van der Waals surface area (Å²) in [5.74, 6) is 0. The standard InChI is InChI=1S/C14H34OSi2/c1-7-9-10-11-12-14-17(5,6)15-16(3,4)13-8-2/h7-14H2,1-6H3. The zero-order valence-corrected chi connectivity index (χ0v) is 15.1. The average Bonchev–Trinajstić information content (AvgIpc) is 2.15. The van der Waals surface area contributed by atoms with Crippen LogP contribution in [0.15, 0.2) is 0 Å². The number of hydrogen-bond acceptors (Lipinski definition) is 1. The highest BCUT2D eigenvalue weighted by Gasteiger charge is 2.31. The van der Waals surface area contributed by atoms with Crippen molar-refractivity contribution < 1.29 is 4.12 Å². The average molecular weight is 275 g/mol. The van der Waals surface area contributed by atoms with Crippen LogP contribution in [0.25, 0.3) is 0 Å². The third kappa shape index (κ3) is 10.0. The Kier molecular flexibility index (Phi) is 8.68. The summed E-state index contributed by atoms with van der Waals surface area (Å²) in [6, 6.07) is 2.68. The van der Waals surface area contributed by atoms with Gasteiger partial charge in [-0.05, 0) is 38.3 Å². The van der Waals surface area contributed by atoms with E-state index in [9.17, 15) is 0 Å². The van der Waals surface area contributed by atoms with Crippen LogP contribution >= 0.6 is 0 Å². The molecule has 0 bridgehead atoms. The van der Waals surface area contributed by atoms with Gasteiger partial charge in [-0.3, -0.25) is 0 Å². The number of hydrogen-bond donors (Lipinski definition) is 0. The van der Waals surface area contributed by atoms with Crippen molar-refractivity contribution in [3.05, 3.63) is 0 Å². The normalized spacial score (nSPS) is 13.1. The van der Waals surface area contributed by atoms with Crippen molar-refractivity contribution in [2.45, 2.75) is 90.6 Å². The van der Waals surface area contributed by atoms with E-state index in [2.05, 4.69) is 40.0 Å². The molecule has 17 heavy (non-hydrogen) atoms. The highest BCUT2D eigenvalue weighted by molar-refractivity contribution is 6.84. The maximum Gasteiger partial charge on any atom is 0.173 e. The Balaban J connectivity index is 3.86. The molecule has 104 valence electrons. The fourth-order valence-corrected chi connectivity index (χ4v) is 11.7. The first-order valence-electron chi connectivity index (χ1n) is 7.53. The molecule has 0 fully saturated rings. The molecule has 0 aliphatic rings. The molecule has 0 N–H and O–H groups in total. The SMILES string of the molecule is CCCCCCC[Si](C)(C)O[Si](C)(C)CCC. The van der Waals surface area contributed by atoms with E-state index in [0.717, 1.165) is 0 Å². The van der Waals surface area contributed by atoms with Gasteiger partial charge in [-0.1, -0.05) is 52.4 Å². The van der Waals surface area contributed by atoms with Crippen molar-refractivity contribution >= 4 is 16.6 Å². The second kappa shape index (κ2) is 8.49. The Labute approximate surface area is 112 Å². The molecule has 0 aliphatic carbocycles. The minimum absolute atomic E-state index is 1.28. The van der Waals surface area contributed by atoms with Gasteiger partial charge in [-0.2, -0.15) is 0 Å². The van der Waals surface area contributed by atoms with Gasteiger partial charge in [0.25, 0.3) is 0 Å². The molecule has 0 atom stereocenters. The molecule has 3 heteroatoms. The molecule has 0 aromatic carbocycles. The zero-order valence-electron chi connectivity index (χ0n) is 13.1. The van der Waals surface area contributed by atoms with Gasteiger partial charge in [0.1, 0.15) is 0 Å². The summed E-state index contributed by atoms with van der Waals surface area (Å²) >= 11 is 0. The third-order valence-corrected chi connectivity index (χ3v) is 11.0. The first-order valence-corrected chi connectivity index (χ1v) is 13.8. The van der Waals surface area contributed by atoms with Gasteiger partial charge in [0.05, 0.1) is 0 Å². The lowest BCUT2D eigenvalue weighted by Crippen LogP contribution is -2.44. The van der Waals surface area contributed by atoms with Gasteiger partial charge in [-0.15, -0.1) is 0 Å². The molecule has 0 rings (SSSR count). The molecule has 0 saturated heterocycles. The molecular formula is C14H34OSi2. The van der Waals surface area contributed by atoms with E-state index in [1.54, 1.807) is 0 Å². The smallest absolute Gasteiger partial charge is 0.173 e. The third-order valence-electron chi connectivity index (χ3n) is 3.29. The molecule has 0 aliphatic heterocycles. The maximum atomic E-state index is 6.55. The number of unbranched alkanes of at least 4 members (excludes halogenated alkanes) is 4. The Morgan fingerprint density at radius 2 is 1.18 bits per heavy atom. The molecule has 0 heterocycles. The molecule has 0 unspecified atom stereocenters. The van der Waals surface area contributed by atoms with Gasteiger partial charge in [0.2, 0.25) is 0 Å². The monoisotopic (exact) mass is 274 g/mol. The quantitative estimate of drug-likeness (QED) is 0.362. The molecule has 0 saturated carbocycles. The lowest BCUT2D eigenvalue weighted by atomic mass is 10.2. The Bertz CT molecular complexity index is 191. The van der Waals surface area contributed by atoms with Gasteiger partial charge >= 0.3 is 0 Å². The van der Waals surface area contributed by atoms with E-state index in [0.29, 0.717) is 0 Å². The summed E-state index contributed by atoms with van der Waals surface area (Å²) in [7, 11) is -2.73. The van der Waals surface area contributed by atoms with Crippen LogP contribution in [0.1, 0.15) is 52.4 Å². The topological polar surface area (TPSA) is 9.23 Å². The fourth-order valence-electron chi connectivity index (χ4n) is 2.61. The Hall–Kier alpha value is 0.394. The minimum atomic E-state index is -1.37. The summed E-state index contributed by atoms with van der Waals surface area (Å²) in [5, 5.41) is 0. The molecule has 0 spiro atoms. The van der Waals surface area contributed by atoms with Crippen LogP contribution in [0.2, 0.25) is 38.3 Å². The summed E-state index contributed by atoms with van der Waals surface area (Å²) in [4.78, 5) is 0. The summed E-state index contributed by atoms with van der Waals surface area (Å²) < 4.78 is 6.55. The Morgan fingerprint density at radius 1 is 0.647 bits per heavy atom. The molecule has 0 amide bonds. The van der Waals surface area contributed by atoms with E-state index >= 15 is 0 Å². The van der Waals surface area contributed by atoms with Crippen LogP contribution in [-0.2, 0) is 4.12 Å². The lowest BCUT2D eigenvalue weighted by molar-refractivity contribution is 0.527. The van der Waals surface area contributed by atoms with Crippen molar-refractivity contribution in [3.63, 3.8) is 0 Å². The highest BCUT2D eigenvalue weighted by atomic mass is 28.4. The lowest BCUT2D eigenvalue weighted by Gasteiger charge is -2.34. The largest absolute Gasteiger partial charge is 0.455 e. The van der Waals surface area contributed by atoms with Crippen molar-refractivity contribution in [2.75, 3.05) is 0 Å². The summed E-state index contributed by atoms with van der Waals surface area (Å²) in [6.45, 7) is 14.2. The van der Waals surface area contributed by atoms with E-state index in [-0.39, 0.29) is 0 Å².